The molecule has 0 radical (unpaired) electrons. The van der Waals surface area contributed by atoms with Gasteiger partial charge in [-0.05, 0) is 43.4 Å². The molecule has 0 spiro atoms. The van der Waals surface area contributed by atoms with Crippen LogP contribution < -0.4 is 10.2 Å². The van der Waals surface area contributed by atoms with E-state index >= 15 is 0 Å². The number of pyridine rings is 1. The van der Waals surface area contributed by atoms with E-state index < -0.39 is 0 Å². The Morgan fingerprint density at radius 1 is 1.26 bits per heavy atom. The van der Waals surface area contributed by atoms with Gasteiger partial charge in [0.25, 0.3) is 0 Å². The lowest BCUT2D eigenvalue weighted by Crippen LogP contribution is -2.32. The van der Waals surface area contributed by atoms with Gasteiger partial charge in [0.1, 0.15) is 5.82 Å². The van der Waals surface area contributed by atoms with E-state index in [4.69, 9.17) is 0 Å². The van der Waals surface area contributed by atoms with Gasteiger partial charge in [0.15, 0.2) is 0 Å². The Bertz CT molecular complexity index is 739. The molecule has 1 saturated heterocycles. The van der Waals surface area contributed by atoms with Crippen LogP contribution in [-0.4, -0.2) is 58.8 Å². The summed E-state index contributed by atoms with van der Waals surface area (Å²) in [6, 6.07) is 4.48. The number of nitrogens with one attached hydrogen (secondary N) is 1. The number of amides is 1. The van der Waals surface area contributed by atoms with Gasteiger partial charge in [0.05, 0.1) is 18.1 Å². The summed E-state index contributed by atoms with van der Waals surface area (Å²) in [6.45, 7) is 1.66. The van der Waals surface area contributed by atoms with Crippen molar-refractivity contribution in [2.75, 3.05) is 37.4 Å². The van der Waals surface area contributed by atoms with E-state index in [1.54, 1.807) is 4.68 Å². The van der Waals surface area contributed by atoms with Crippen molar-refractivity contribution in [1.29, 1.82) is 0 Å². The van der Waals surface area contributed by atoms with Crippen LogP contribution in [0.2, 0.25) is 0 Å². The number of carbonyl (C=O) groups is 1. The van der Waals surface area contributed by atoms with E-state index in [1.807, 2.05) is 55.6 Å². The third-order valence-electron chi connectivity index (χ3n) is 5.04. The molecule has 1 atom stereocenters. The smallest absolute Gasteiger partial charge is 0.222 e. The first kappa shape index (κ1) is 19.2. The van der Waals surface area contributed by atoms with Gasteiger partial charge < -0.3 is 15.1 Å². The van der Waals surface area contributed by atoms with Gasteiger partial charge in [-0.15, -0.1) is 0 Å². The van der Waals surface area contributed by atoms with Crippen LogP contribution in [0.5, 0.6) is 0 Å². The average Bonchev–Trinajstić information content (AvgIpc) is 2.93. The fourth-order valence-corrected chi connectivity index (χ4v) is 3.47. The Labute approximate surface area is 161 Å². The molecule has 27 heavy (non-hydrogen) atoms. The van der Waals surface area contributed by atoms with E-state index in [2.05, 4.69) is 21.5 Å². The summed E-state index contributed by atoms with van der Waals surface area (Å²) in [5, 5.41) is 7.74. The Morgan fingerprint density at radius 3 is 2.78 bits per heavy atom. The Kier molecular flexibility index (Phi) is 6.32. The minimum absolute atomic E-state index is 0.247. The van der Waals surface area contributed by atoms with Crippen molar-refractivity contribution in [3.63, 3.8) is 0 Å². The molecule has 2 aromatic heterocycles. The first-order valence-corrected chi connectivity index (χ1v) is 9.66. The molecule has 0 aromatic carbocycles. The predicted octanol–water partition coefficient (Wildman–Crippen LogP) is 2.31. The summed E-state index contributed by atoms with van der Waals surface area (Å²) in [5.41, 5.74) is 2.16. The lowest BCUT2D eigenvalue weighted by atomic mass is 10.1. The fourth-order valence-electron chi connectivity index (χ4n) is 3.47. The van der Waals surface area contributed by atoms with Gasteiger partial charge >= 0.3 is 0 Å². The number of aromatic nitrogens is 3. The molecule has 0 unspecified atom stereocenters. The summed E-state index contributed by atoms with van der Waals surface area (Å²) in [6.07, 6.45) is 10.1. The van der Waals surface area contributed by atoms with Crippen LogP contribution in [0.4, 0.5) is 11.5 Å². The molecule has 0 aliphatic carbocycles. The molecule has 1 N–H and O–H groups in total. The zero-order chi connectivity index (χ0) is 19.2. The number of aryl methyl sites for hydroxylation is 2. The molecule has 1 aliphatic heterocycles. The average molecular weight is 371 g/mol. The van der Waals surface area contributed by atoms with Gasteiger partial charge in [-0.2, -0.15) is 5.10 Å². The number of carbonyl (C=O) groups excluding carboxylic acids is 1. The van der Waals surface area contributed by atoms with Crippen molar-refractivity contribution in [2.45, 2.75) is 38.1 Å². The van der Waals surface area contributed by atoms with E-state index in [-0.39, 0.29) is 5.91 Å². The minimum Gasteiger partial charge on any atom is -0.381 e. The second-order valence-electron chi connectivity index (χ2n) is 7.47. The van der Waals surface area contributed by atoms with Crippen LogP contribution >= 0.6 is 0 Å². The zero-order valence-corrected chi connectivity index (χ0v) is 16.6. The van der Waals surface area contributed by atoms with Crippen LogP contribution in [0, 0.1) is 0 Å². The number of anilines is 2. The van der Waals surface area contributed by atoms with E-state index in [9.17, 15) is 4.79 Å². The maximum atomic E-state index is 12.6. The first-order valence-electron chi connectivity index (χ1n) is 9.66. The summed E-state index contributed by atoms with van der Waals surface area (Å²) >= 11 is 0. The third kappa shape index (κ3) is 5.45. The summed E-state index contributed by atoms with van der Waals surface area (Å²) in [4.78, 5) is 21.0. The second-order valence-corrected chi connectivity index (χ2v) is 7.47. The molecule has 146 valence electrons. The quantitative estimate of drug-likeness (QED) is 0.845. The van der Waals surface area contributed by atoms with E-state index in [1.165, 1.54) is 0 Å². The second kappa shape index (κ2) is 8.88. The Hall–Kier alpha value is -2.57. The van der Waals surface area contributed by atoms with Crippen molar-refractivity contribution < 1.29 is 4.79 Å². The highest BCUT2D eigenvalue weighted by Crippen LogP contribution is 2.19. The van der Waals surface area contributed by atoms with E-state index in [0.717, 1.165) is 55.8 Å². The number of rotatable bonds is 6. The maximum Gasteiger partial charge on any atom is 0.222 e. The summed E-state index contributed by atoms with van der Waals surface area (Å²) < 4.78 is 1.78. The molecule has 0 saturated carbocycles. The lowest BCUT2D eigenvalue weighted by Gasteiger charge is -2.21. The van der Waals surface area contributed by atoms with Gasteiger partial charge in [0.2, 0.25) is 5.91 Å². The van der Waals surface area contributed by atoms with Crippen LogP contribution in [0.1, 0.15) is 31.2 Å². The molecule has 3 heterocycles. The van der Waals surface area contributed by atoms with Gasteiger partial charge in [-0.3, -0.25) is 9.48 Å². The number of hydrogen-bond acceptors (Lipinski definition) is 5. The molecule has 3 rings (SSSR count). The SMILES string of the molecule is CN(C)c1ccc(N[C@H]2CCCN(C(=O)CCc3cnn(C)c3)CC2)cn1. The lowest BCUT2D eigenvalue weighted by molar-refractivity contribution is -0.131. The van der Waals surface area contributed by atoms with Crippen molar-refractivity contribution in [3.8, 4) is 0 Å². The predicted molar refractivity (Wildman–Crippen MR) is 108 cm³/mol. The third-order valence-corrected chi connectivity index (χ3v) is 5.04. The van der Waals surface area contributed by atoms with Gasteiger partial charge in [-0.25, -0.2) is 4.98 Å². The highest BCUT2D eigenvalue weighted by Gasteiger charge is 2.20. The highest BCUT2D eigenvalue weighted by atomic mass is 16.2. The summed E-state index contributed by atoms with van der Waals surface area (Å²) in [7, 11) is 5.87. The van der Waals surface area contributed by atoms with Crippen LogP contribution in [0.25, 0.3) is 0 Å². The highest BCUT2D eigenvalue weighted by molar-refractivity contribution is 5.76. The number of hydrogen-bond donors (Lipinski definition) is 1. The molecular weight excluding hydrogens is 340 g/mol. The van der Waals surface area contributed by atoms with Crippen LogP contribution in [0.3, 0.4) is 0 Å². The largest absolute Gasteiger partial charge is 0.381 e. The fraction of sp³-hybridized carbons (Fsp3) is 0.550. The maximum absolute atomic E-state index is 12.6. The molecule has 2 aromatic rings. The molecule has 1 amide bonds. The molecule has 7 heteroatoms. The molecular formula is C20H30N6O. The number of nitrogens with zero attached hydrogens (tertiary/aromatic N) is 5. The molecule has 0 bridgehead atoms. The molecule has 7 nitrogen and oxygen atoms in total. The minimum atomic E-state index is 0.247. The van der Waals surface area contributed by atoms with Crippen LogP contribution in [0.15, 0.2) is 30.7 Å². The normalized spacial score (nSPS) is 17.4. The van der Waals surface area contributed by atoms with Crippen molar-refractivity contribution in [3.05, 3.63) is 36.3 Å². The zero-order valence-electron chi connectivity index (χ0n) is 16.6. The Balaban J connectivity index is 1.47. The first-order chi connectivity index (χ1) is 13.0. The van der Waals surface area contributed by atoms with Crippen molar-refractivity contribution in [2.24, 2.45) is 7.05 Å². The standard InChI is InChI=1S/C20H30N6O/c1-24(2)19-8-7-18(14-21-19)23-17-5-4-11-26(12-10-17)20(27)9-6-16-13-22-25(3)15-16/h7-8,13-15,17,23H,4-6,9-12H2,1-3H3/t17-/m0/s1. The number of likely N-dealkylation sites (tertiary alicyclic amines) is 1. The van der Waals surface area contributed by atoms with Gasteiger partial charge in [0, 0.05) is 52.9 Å². The van der Waals surface area contributed by atoms with Crippen molar-refractivity contribution in [1.82, 2.24) is 19.7 Å². The monoisotopic (exact) mass is 370 g/mol. The molecule has 1 aliphatic rings. The van der Waals surface area contributed by atoms with Crippen molar-refractivity contribution >= 4 is 17.4 Å². The van der Waals surface area contributed by atoms with E-state index in [0.29, 0.717) is 12.5 Å². The molecule has 1 fully saturated rings. The van der Waals surface area contributed by atoms with Gasteiger partial charge in [-0.1, -0.05) is 0 Å². The topological polar surface area (TPSA) is 66.3 Å². The van der Waals surface area contributed by atoms with Crippen LogP contribution in [-0.2, 0) is 18.3 Å². The summed E-state index contributed by atoms with van der Waals surface area (Å²) in [5.74, 6) is 1.20. The Morgan fingerprint density at radius 2 is 2.11 bits per heavy atom.